The van der Waals surface area contributed by atoms with Gasteiger partial charge in [-0.2, -0.15) is 5.10 Å². The maximum atomic E-state index is 12.8. The molecule has 5 heteroatoms. The summed E-state index contributed by atoms with van der Waals surface area (Å²) in [4.78, 5) is 15.2. The Hall–Kier alpha value is -2.92. The van der Waals surface area contributed by atoms with Gasteiger partial charge in [-0.1, -0.05) is 48.5 Å². The van der Waals surface area contributed by atoms with Gasteiger partial charge < -0.3 is 5.32 Å². The summed E-state index contributed by atoms with van der Waals surface area (Å²) in [7, 11) is 0. The Balaban J connectivity index is 1.40. The Morgan fingerprint density at radius 1 is 1.11 bits per heavy atom. The van der Waals surface area contributed by atoms with Crippen molar-refractivity contribution >= 4 is 5.91 Å². The Kier molecular flexibility index (Phi) is 5.26. The van der Waals surface area contributed by atoms with Crippen LogP contribution in [0.3, 0.4) is 0 Å². The fraction of sp³-hybridized carbons (Fsp3) is 0.304. The average molecular weight is 374 g/mol. The monoisotopic (exact) mass is 374 g/mol. The maximum absolute atomic E-state index is 12.8. The van der Waals surface area contributed by atoms with Gasteiger partial charge in [-0.25, -0.2) is 4.68 Å². The van der Waals surface area contributed by atoms with Gasteiger partial charge in [-0.05, 0) is 37.5 Å². The predicted molar refractivity (Wildman–Crippen MR) is 111 cm³/mol. The molecule has 0 aliphatic carbocycles. The zero-order valence-electron chi connectivity index (χ0n) is 16.4. The van der Waals surface area contributed by atoms with Crippen LogP contribution in [-0.2, 0) is 6.54 Å². The van der Waals surface area contributed by atoms with Crippen LogP contribution in [-0.4, -0.2) is 39.7 Å². The fourth-order valence-corrected chi connectivity index (χ4v) is 3.88. The number of carbonyl (C=O) groups excluding carboxylic acids is 1. The molecule has 1 aliphatic rings. The molecule has 144 valence electrons. The topological polar surface area (TPSA) is 50.2 Å². The summed E-state index contributed by atoms with van der Waals surface area (Å²) in [6, 6.07) is 18.7. The van der Waals surface area contributed by atoms with Crippen LogP contribution in [0, 0.1) is 13.8 Å². The molecule has 5 nitrogen and oxygen atoms in total. The number of rotatable bonds is 5. The number of benzene rings is 2. The van der Waals surface area contributed by atoms with E-state index in [1.165, 1.54) is 5.56 Å². The van der Waals surface area contributed by atoms with Gasteiger partial charge in [-0.3, -0.25) is 9.69 Å². The molecule has 1 fully saturated rings. The second-order valence-corrected chi connectivity index (χ2v) is 7.52. The lowest BCUT2D eigenvalue weighted by atomic mass is 10.2. The number of likely N-dealkylation sites (tertiary alicyclic amines) is 1. The van der Waals surface area contributed by atoms with Crippen LogP contribution in [0.1, 0.15) is 33.6 Å². The van der Waals surface area contributed by atoms with Gasteiger partial charge in [0.25, 0.3) is 5.91 Å². The Bertz CT molecular complexity index is 964. The SMILES string of the molecule is Cc1ccccc1-n1ncc(C(=O)NC2CCN(Cc3ccccc3)C2)c1C. The van der Waals surface area contributed by atoms with Gasteiger partial charge in [-0.15, -0.1) is 0 Å². The van der Waals surface area contributed by atoms with Gasteiger partial charge in [0.15, 0.2) is 0 Å². The zero-order chi connectivity index (χ0) is 19.5. The molecule has 3 aromatic rings. The fourth-order valence-electron chi connectivity index (χ4n) is 3.88. The molecule has 2 aromatic carbocycles. The van der Waals surface area contributed by atoms with Crippen LogP contribution >= 0.6 is 0 Å². The highest BCUT2D eigenvalue weighted by Crippen LogP contribution is 2.19. The summed E-state index contributed by atoms with van der Waals surface area (Å²) >= 11 is 0. The Labute approximate surface area is 166 Å². The van der Waals surface area contributed by atoms with Gasteiger partial charge in [0.05, 0.1) is 23.1 Å². The number of para-hydroxylation sites is 1. The van der Waals surface area contributed by atoms with E-state index in [1.54, 1.807) is 6.20 Å². The molecule has 1 unspecified atom stereocenters. The number of nitrogens with one attached hydrogen (secondary N) is 1. The molecule has 4 rings (SSSR count). The van der Waals surface area contributed by atoms with Gasteiger partial charge in [0, 0.05) is 25.7 Å². The van der Waals surface area contributed by atoms with E-state index >= 15 is 0 Å². The highest BCUT2D eigenvalue weighted by molar-refractivity contribution is 5.95. The largest absolute Gasteiger partial charge is 0.348 e. The first-order valence-corrected chi connectivity index (χ1v) is 9.79. The molecule has 0 spiro atoms. The highest BCUT2D eigenvalue weighted by atomic mass is 16.1. The summed E-state index contributed by atoms with van der Waals surface area (Å²) in [5.41, 5.74) is 4.96. The summed E-state index contributed by atoms with van der Waals surface area (Å²) in [5, 5.41) is 7.66. The van der Waals surface area contributed by atoms with Crippen molar-refractivity contribution in [2.45, 2.75) is 32.9 Å². The number of aryl methyl sites for hydroxylation is 1. The van der Waals surface area contributed by atoms with Crippen LogP contribution in [0.25, 0.3) is 5.69 Å². The van der Waals surface area contributed by atoms with E-state index in [-0.39, 0.29) is 11.9 Å². The minimum atomic E-state index is -0.0381. The van der Waals surface area contributed by atoms with Crippen molar-refractivity contribution in [3.63, 3.8) is 0 Å². The third-order valence-corrected chi connectivity index (χ3v) is 5.45. The van der Waals surface area contributed by atoms with Crippen molar-refractivity contribution < 1.29 is 4.79 Å². The number of nitrogens with zero attached hydrogens (tertiary/aromatic N) is 3. The molecule has 1 saturated heterocycles. The van der Waals surface area contributed by atoms with Crippen molar-refractivity contribution in [1.82, 2.24) is 20.0 Å². The number of hydrogen-bond donors (Lipinski definition) is 1. The van der Waals surface area contributed by atoms with Gasteiger partial charge >= 0.3 is 0 Å². The second-order valence-electron chi connectivity index (χ2n) is 7.52. The smallest absolute Gasteiger partial charge is 0.255 e. The molecule has 0 bridgehead atoms. The van der Waals surface area contributed by atoms with E-state index in [9.17, 15) is 4.79 Å². The minimum Gasteiger partial charge on any atom is -0.348 e. The molecule has 1 N–H and O–H groups in total. The second kappa shape index (κ2) is 7.98. The summed E-state index contributed by atoms with van der Waals surface area (Å²) in [5.74, 6) is -0.0381. The van der Waals surface area contributed by atoms with Crippen molar-refractivity contribution in [2.75, 3.05) is 13.1 Å². The van der Waals surface area contributed by atoms with Crippen LogP contribution in [0.2, 0.25) is 0 Å². The molecule has 2 heterocycles. The van der Waals surface area contributed by atoms with Crippen LogP contribution in [0.15, 0.2) is 60.8 Å². The molecule has 0 radical (unpaired) electrons. The van der Waals surface area contributed by atoms with Gasteiger partial charge in [0.2, 0.25) is 0 Å². The van der Waals surface area contributed by atoms with Crippen LogP contribution in [0.5, 0.6) is 0 Å². The summed E-state index contributed by atoms with van der Waals surface area (Å²) < 4.78 is 1.85. The number of carbonyl (C=O) groups is 1. The number of hydrogen-bond acceptors (Lipinski definition) is 3. The number of amides is 1. The molecule has 1 aliphatic heterocycles. The third kappa shape index (κ3) is 3.85. The molecular formula is C23H26N4O. The number of aromatic nitrogens is 2. The first kappa shape index (κ1) is 18.4. The lowest BCUT2D eigenvalue weighted by Crippen LogP contribution is -2.37. The first-order valence-electron chi connectivity index (χ1n) is 9.79. The first-order chi connectivity index (χ1) is 13.6. The quantitative estimate of drug-likeness (QED) is 0.744. The van der Waals surface area contributed by atoms with E-state index in [0.29, 0.717) is 5.56 Å². The standard InChI is InChI=1S/C23H26N4O/c1-17-8-6-7-11-22(17)27-18(2)21(14-24-27)23(28)25-20-12-13-26(16-20)15-19-9-4-3-5-10-19/h3-11,14,20H,12-13,15-16H2,1-2H3,(H,25,28). The van der Waals surface area contributed by atoms with E-state index in [1.807, 2.05) is 35.9 Å². The lowest BCUT2D eigenvalue weighted by Gasteiger charge is -2.17. The molecule has 0 saturated carbocycles. The summed E-state index contributed by atoms with van der Waals surface area (Å²) in [6.07, 6.45) is 2.65. The molecule has 28 heavy (non-hydrogen) atoms. The molecular weight excluding hydrogens is 348 g/mol. The van der Waals surface area contributed by atoms with E-state index in [4.69, 9.17) is 0 Å². The summed E-state index contributed by atoms with van der Waals surface area (Å²) in [6.45, 7) is 6.81. The lowest BCUT2D eigenvalue weighted by molar-refractivity contribution is 0.0937. The highest BCUT2D eigenvalue weighted by Gasteiger charge is 2.25. The van der Waals surface area contributed by atoms with Crippen LogP contribution < -0.4 is 5.32 Å². The van der Waals surface area contributed by atoms with Crippen molar-refractivity contribution in [3.8, 4) is 5.69 Å². The Morgan fingerprint density at radius 2 is 1.86 bits per heavy atom. The normalized spacial score (nSPS) is 17.0. The molecule has 1 atom stereocenters. The zero-order valence-corrected chi connectivity index (χ0v) is 16.4. The van der Waals surface area contributed by atoms with Crippen molar-refractivity contribution in [1.29, 1.82) is 0 Å². The average Bonchev–Trinajstić information content (AvgIpc) is 3.29. The Morgan fingerprint density at radius 3 is 2.64 bits per heavy atom. The predicted octanol–water partition coefficient (Wildman–Crippen LogP) is 3.49. The third-order valence-electron chi connectivity index (χ3n) is 5.45. The van der Waals surface area contributed by atoms with E-state index < -0.39 is 0 Å². The minimum absolute atomic E-state index is 0.0381. The van der Waals surface area contributed by atoms with E-state index in [2.05, 4.69) is 52.6 Å². The maximum Gasteiger partial charge on any atom is 0.255 e. The van der Waals surface area contributed by atoms with Crippen molar-refractivity contribution in [2.24, 2.45) is 0 Å². The van der Waals surface area contributed by atoms with Gasteiger partial charge in [0.1, 0.15) is 0 Å². The molecule has 1 amide bonds. The van der Waals surface area contributed by atoms with Crippen LogP contribution in [0.4, 0.5) is 0 Å². The van der Waals surface area contributed by atoms with Crippen molar-refractivity contribution in [3.05, 3.63) is 83.2 Å². The van der Waals surface area contributed by atoms with E-state index in [0.717, 1.165) is 43.0 Å². The molecule has 1 aromatic heterocycles.